The first-order valence-corrected chi connectivity index (χ1v) is 6.88. The molecule has 2 heterocycles. The van der Waals surface area contributed by atoms with Crippen LogP contribution in [0.1, 0.15) is 27.8 Å². The normalized spacial score (nSPS) is 10.6. The summed E-state index contributed by atoms with van der Waals surface area (Å²) >= 11 is 0. The number of rotatable bonds is 4. The molecule has 2 aromatic heterocycles. The lowest BCUT2D eigenvalue weighted by molar-refractivity contribution is 0.0437. The fourth-order valence-electron chi connectivity index (χ4n) is 2.15. The molecule has 5 heteroatoms. The molecule has 1 aromatic carbocycles. The van der Waals surface area contributed by atoms with Crippen molar-refractivity contribution in [3.8, 4) is 11.3 Å². The van der Waals surface area contributed by atoms with E-state index in [9.17, 15) is 4.79 Å². The smallest absolute Gasteiger partial charge is 0.342 e. The van der Waals surface area contributed by atoms with Crippen molar-refractivity contribution in [3.63, 3.8) is 0 Å². The van der Waals surface area contributed by atoms with Gasteiger partial charge in [0.05, 0.1) is 6.20 Å². The maximum absolute atomic E-state index is 12.0. The molecule has 0 amide bonds. The van der Waals surface area contributed by atoms with Crippen LogP contribution in [0.4, 0.5) is 0 Å². The summed E-state index contributed by atoms with van der Waals surface area (Å²) in [6, 6.07) is 11.3. The van der Waals surface area contributed by atoms with E-state index in [0.717, 1.165) is 5.56 Å². The molecule has 0 spiro atoms. The van der Waals surface area contributed by atoms with Gasteiger partial charge in [0.25, 0.3) is 0 Å². The molecule has 3 rings (SSSR count). The predicted octanol–water partition coefficient (Wildman–Crippen LogP) is 3.91. The summed E-state index contributed by atoms with van der Waals surface area (Å²) in [6.45, 7) is 3.49. The minimum Gasteiger partial charge on any atom is -0.466 e. The number of carbonyl (C=O) groups is 1. The Kier molecular flexibility index (Phi) is 3.78. The molecule has 0 N–H and O–H groups in total. The van der Waals surface area contributed by atoms with Gasteiger partial charge in [0.15, 0.2) is 12.4 Å². The zero-order valence-corrected chi connectivity index (χ0v) is 12.3. The number of oxazole rings is 1. The van der Waals surface area contributed by atoms with E-state index in [1.54, 1.807) is 26.1 Å². The summed E-state index contributed by atoms with van der Waals surface area (Å²) in [6.07, 6.45) is 1.62. The largest absolute Gasteiger partial charge is 0.466 e. The highest BCUT2D eigenvalue weighted by Crippen LogP contribution is 2.20. The SMILES string of the molecule is Cc1cc(C(=O)OCc2ncc(-c3ccccc3)o2)c(C)o1. The average Bonchev–Trinajstić information content (AvgIpc) is 3.12. The molecule has 22 heavy (non-hydrogen) atoms. The van der Waals surface area contributed by atoms with E-state index in [0.29, 0.717) is 28.7 Å². The van der Waals surface area contributed by atoms with Gasteiger partial charge in [0.2, 0.25) is 5.89 Å². The zero-order valence-electron chi connectivity index (χ0n) is 12.3. The predicted molar refractivity (Wildman–Crippen MR) is 79.2 cm³/mol. The van der Waals surface area contributed by atoms with Gasteiger partial charge in [-0.05, 0) is 19.9 Å². The Morgan fingerprint density at radius 2 is 1.95 bits per heavy atom. The quantitative estimate of drug-likeness (QED) is 0.683. The van der Waals surface area contributed by atoms with E-state index in [4.69, 9.17) is 13.6 Å². The molecule has 0 saturated heterocycles. The number of nitrogens with zero attached hydrogens (tertiary/aromatic N) is 1. The molecule has 0 unspecified atom stereocenters. The number of hydrogen-bond donors (Lipinski definition) is 0. The minimum absolute atomic E-state index is 0.0185. The minimum atomic E-state index is -0.450. The van der Waals surface area contributed by atoms with Crippen LogP contribution in [0.25, 0.3) is 11.3 Å². The fraction of sp³-hybridized carbons (Fsp3) is 0.176. The number of carbonyl (C=O) groups excluding carboxylic acids is 1. The molecule has 0 aliphatic carbocycles. The van der Waals surface area contributed by atoms with Crippen LogP contribution >= 0.6 is 0 Å². The zero-order chi connectivity index (χ0) is 15.5. The van der Waals surface area contributed by atoms with Gasteiger partial charge >= 0.3 is 5.97 Å². The Hall–Kier alpha value is -2.82. The first kappa shape index (κ1) is 14.1. The van der Waals surface area contributed by atoms with E-state index in [2.05, 4.69) is 4.98 Å². The van der Waals surface area contributed by atoms with Crippen molar-refractivity contribution < 1.29 is 18.4 Å². The van der Waals surface area contributed by atoms with Crippen LogP contribution in [0.3, 0.4) is 0 Å². The molecule has 0 aliphatic rings. The van der Waals surface area contributed by atoms with Crippen molar-refractivity contribution in [2.45, 2.75) is 20.5 Å². The van der Waals surface area contributed by atoms with Crippen molar-refractivity contribution in [2.75, 3.05) is 0 Å². The highest BCUT2D eigenvalue weighted by molar-refractivity contribution is 5.90. The van der Waals surface area contributed by atoms with Gasteiger partial charge in [0, 0.05) is 5.56 Å². The maximum Gasteiger partial charge on any atom is 0.342 e. The first-order chi connectivity index (χ1) is 10.6. The number of aromatic nitrogens is 1. The van der Waals surface area contributed by atoms with Crippen molar-refractivity contribution >= 4 is 5.97 Å². The first-order valence-electron chi connectivity index (χ1n) is 6.88. The molecule has 3 aromatic rings. The van der Waals surface area contributed by atoms with Crippen LogP contribution in [-0.2, 0) is 11.3 Å². The molecular formula is C17H15NO4. The van der Waals surface area contributed by atoms with Gasteiger partial charge in [-0.1, -0.05) is 30.3 Å². The molecule has 0 radical (unpaired) electrons. The van der Waals surface area contributed by atoms with Crippen LogP contribution in [0.2, 0.25) is 0 Å². The maximum atomic E-state index is 12.0. The number of furan rings is 1. The molecule has 0 saturated carbocycles. The lowest BCUT2D eigenvalue weighted by atomic mass is 10.2. The van der Waals surface area contributed by atoms with Crippen molar-refractivity contribution in [3.05, 3.63) is 65.6 Å². The van der Waals surface area contributed by atoms with Gasteiger partial charge in [-0.25, -0.2) is 9.78 Å². The van der Waals surface area contributed by atoms with Crippen LogP contribution in [0.15, 0.2) is 51.4 Å². The summed E-state index contributed by atoms with van der Waals surface area (Å²) in [5, 5.41) is 0. The molecular weight excluding hydrogens is 282 g/mol. The Morgan fingerprint density at radius 1 is 1.18 bits per heavy atom. The molecule has 0 aliphatic heterocycles. The summed E-state index contributed by atoms with van der Waals surface area (Å²) in [5.41, 5.74) is 1.35. The number of esters is 1. The molecule has 0 atom stereocenters. The third-order valence-electron chi connectivity index (χ3n) is 3.20. The average molecular weight is 297 g/mol. The Morgan fingerprint density at radius 3 is 2.64 bits per heavy atom. The molecule has 5 nitrogen and oxygen atoms in total. The van der Waals surface area contributed by atoms with Gasteiger partial charge in [-0.2, -0.15) is 0 Å². The van der Waals surface area contributed by atoms with Gasteiger partial charge in [0.1, 0.15) is 17.1 Å². The highest BCUT2D eigenvalue weighted by atomic mass is 16.5. The van der Waals surface area contributed by atoms with Crippen molar-refractivity contribution in [1.82, 2.24) is 4.98 Å². The standard InChI is InChI=1S/C17H15NO4/c1-11-8-14(12(2)21-11)17(19)20-10-16-18-9-15(22-16)13-6-4-3-5-7-13/h3-9H,10H2,1-2H3. The second-order valence-electron chi connectivity index (χ2n) is 4.89. The summed E-state index contributed by atoms with van der Waals surface area (Å²) in [7, 11) is 0. The van der Waals surface area contributed by atoms with Crippen LogP contribution in [0.5, 0.6) is 0 Å². The van der Waals surface area contributed by atoms with E-state index in [-0.39, 0.29) is 6.61 Å². The fourth-order valence-corrected chi connectivity index (χ4v) is 2.15. The van der Waals surface area contributed by atoms with Crippen LogP contribution in [-0.4, -0.2) is 11.0 Å². The Bertz CT molecular complexity index is 786. The Balaban J connectivity index is 1.66. The third-order valence-corrected chi connectivity index (χ3v) is 3.20. The van der Waals surface area contributed by atoms with E-state index < -0.39 is 5.97 Å². The van der Waals surface area contributed by atoms with E-state index in [1.807, 2.05) is 30.3 Å². The number of aryl methyl sites for hydroxylation is 2. The number of benzene rings is 1. The second-order valence-corrected chi connectivity index (χ2v) is 4.89. The van der Waals surface area contributed by atoms with Crippen LogP contribution < -0.4 is 0 Å². The molecule has 112 valence electrons. The van der Waals surface area contributed by atoms with E-state index in [1.165, 1.54) is 0 Å². The summed E-state index contributed by atoms with van der Waals surface area (Å²) < 4.78 is 16.1. The van der Waals surface area contributed by atoms with Gasteiger partial charge in [-0.15, -0.1) is 0 Å². The third kappa shape index (κ3) is 2.93. The van der Waals surface area contributed by atoms with Crippen LogP contribution in [0, 0.1) is 13.8 Å². The van der Waals surface area contributed by atoms with Gasteiger partial charge in [-0.3, -0.25) is 0 Å². The monoisotopic (exact) mass is 297 g/mol. The number of ether oxygens (including phenoxy) is 1. The lowest BCUT2D eigenvalue weighted by Crippen LogP contribution is -2.05. The lowest BCUT2D eigenvalue weighted by Gasteiger charge is -2.00. The van der Waals surface area contributed by atoms with E-state index >= 15 is 0 Å². The van der Waals surface area contributed by atoms with Crippen molar-refractivity contribution in [2.24, 2.45) is 0 Å². The molecule has 0 bridgehead atoms. The highest BCUT2D eigenvalue weighted by Gasteiger charge is 2.16. The number of hydrogen-bond acceptors (Lipinski definition) is 5. The second kappa shape index (κ2) is 5.89. The topological polar surface area (TPSA) is 65.5 Å². The van der Waals surface area contributed by atoms with Gasteiger partial charge < -0.3 is 13.6 Å². The summed E-state index contributed by atoms with van der Waals surface area (Å²) in [5.74, 6) is 1.76. The molecule has 0 fully saturated rings. The summed E-state index contributed by atoms with van der Waals surface area (Å²) in [4.78, 5) is 16.1. The Labute approximate surface area is 127 Å². The van der Waals surface area contributed by atoms with Crippen molar-refractivity contribution in [1.29, 1.82) is 0 Å².